The normalized spacial score (nSPS) is 15.7. The Morgan fingerprint density at radius 1 is 0.852 bits per heavy atom. The maximum Gasteiger partial charge on any atom is 0.262 e. The van der Waals surface area contributed by atoms with E-state index in [9.17, 15) is 4.79 Å². The molecule has 0 radical (unpaired) electrons. The van der Waals surface area contributed by atoms with E-state index in [-0.39, 0.29) is 5.91 Å². The summed E-state index contributed by atoms with van der Waals surface area (Å²) < 4.78 is 11.1. The number of rotatable bonds is 4. The number of methoxy groups -OCH3 is 2. The Hall–Kier alpha value is -3.47. The Kier molecular flexibility index (Phi) is 4.42. The van der Waals surface area contributed by atoms with Gasteiger partial charge in [0.1, 0.15) is 6.17 Å². The molecule has 0 saturated carbocycles. The van der Waals surface area contributed by atoms with Crippen molar-refractivity contribution in [3.63, 3.8) is 0 Å². The van der Waals surface area contributed by atoms with Gasteiger partial charge in [-0.15, -0.1) is 0 Å². The molecule has 1 aliphatic rings. The van der Waals surface area contributed by atoms with Crippen LogP contribution in [0.2, 0.25) is 0 Å². The van der Waals surface area contributed by atoms with Crippen molar-refractivity contribution in [3.05, 3.63) is 83.9 Å². The maximum absolute atomic E-state index is 13.4. The summed E-state index contributed by atoms with van der Waals surface area (Å²) in [5, 5.41) is 3.49. The lowest BCUT2D eigenvalue weighted by atomic mass is 10.0. The molecule has 1 atom stereocenters. The summed E-state index contributed by atoms with van der Waals surface area (Å²) in [5.41, 5.74) is 3.06. The van der Waals surface area contributed by atoms with Crippen LogP contribution in [0.5, 0.6) is 11.5 Å². The van der Waals surface area contributed by atoms with Crippen molar-refractivity contribution in [1.82, 2.24) is 0 Å². The molecule has 27 heavy (non-hydrogen) atoms. The van der Waals surface area contributed by atoms with E-state index >= 15 is 0 Å². The number of carbonyl (C=O) groups excluding carboxylic acids is 1. The van der Waals surface area contributed by atoms with Gasteiger partial charge in [0.25, 0.3) is 5.91 Å². The van der Waals surface area contributed by atoms with Gasteiger partial charge < -0.3 is 14.8 Å². The number of hydrogen-bond donors (Lipinski definition) is 1. The fourth-order valence-corrected chi connectivity index (χ4v) is 3.45. The van der Waals surface area contributed by atoms with E-state index in [1.165, 1.54) is 0 Å². The summed E-state index contributed by atoms with van der Waals surface area (Å²) in [6.45, 7) is 0. The van der Waals surface area contributed by atoms with Crippen molar-refractivity contribution in [1.29, 1.82) is 0 Å². The van der Waals surface area contributed by atoms with Crippen molar-refractivity contribution in [2.45, 2.75) is 6.17 Å². The topological polar surface area (TPSA) is 50.8 Å². The molecule has 0 spiro atoms. The summed E-state index contributed by atoms with van der Waals surface area (Å²) in [4.78, 5) is 15.1. The van der Waals surface area contributed by atoms with Crippen LogP contribution < -0.4 is 19.7 Å². The fourth-order valence-electron chi connectivity index (χ4n) is 3.45. The second-order valence-electron chi connectivity index (χ2n) is 6.19. The van der Waals surface area contributed by atoms with Crippen LogP contribution in [-0.4, -0.2) is 20.1 Å². The molecule has 136 valence electrons. The Labute approximate surface area is 158 Å². The molecule has 0 fully saturated rings. The second-order valence-corrected chi connectivity index (χ2v) is 6.19. The van der Waals surface area contributed by atoms with Gasteiger partial charge in [0.05, 0.1) is 19.8 Å². The average Bonchev–Trinajstić information content (AvgIpc) is 2.73. The molecule has 3 aromatic carbocycles. The average molecular weight is 360 g/mol. The first kappa shape index (κ1) is 17.0. The third kappa shape index (κ3) is 2.87. The van der Waals surface area contributed by atoms with E-state index in [1.807, 2.05) is 72.8 Å². The number of benzene rings is 3. The molecule has 0 saturated heterocycles. The Balaban J connectivity index is 1.91. The van der Waals surface area contributed by atoms with Gasteiger partial charge in [0, 0.05) is 16.9 Å². The molecule has 0 aliphatic carbocycles. The van der Waals surface area contributed by atoms with Crippen LogP contribution in [0.25, 0.3) is 0 Å². The van der Waals surface area contributed by atoms with Crippen LogP contribution in [0.3, 0.4) is 0 Å². The lowest BCUT2D eigenvalue weighted by molar-refractivity contribution is 0.0974. The lowest BCUT2D eigenvalue weighted by Gasteiger charge is -2.38. The van der Waals surface area contributed by atoms with Gasteiger partial charge in [-0.25, -0.2) is 0 Å². The Morgan fingerprint density at radius 3 is 2.33 bits per heavy atom. The van der Waals surface area contributed by atoms with Crippen LogP contribution in [0.4, 0.5) is 11.4 Å². The highest BCUT2D eigenvalue weighted by Gasteiger charge is 2.35. The van der Waals surface area contributed by atoms with Gasteiger partial charge in [-0.1, -0.05) is 42.5 Å². The standard InChI is InChI=1S/C22H20N2O3/c1-26-19-14-8-12-17(20(19)27-2)21-23-18-13-7-6-11-16(18)22(25)24(21)15-9-4-3-5-10-15/h3-14,21,23H,1-2H3/t21-/m1/s1. The highest BCUT2D eigenvalue weighted by Crippen LogP contribution is 2.42. The molecule has 3 aromatic rings. The van der Waals surface area contributed by atoms with Gasteiger partial charge in [-0.05, 0) is 30.3 Å². The van der Waals surface area contributed by atoms with Gasteiger partial charge in [0.15, 0.2) is 11.5 Å². The summed E-state index contributed by atoms with van der Waals surface area (Å²) in [6, 6.07) is 22.8. The minimum atomic E-state index is -0.431. The molecule has 5 heteroatoms. The molecule has 4 rings (SSSR count). The molecule has 0 bridgehead atoms. The lowest BCUT2D eigenvalue weighted by Crippen LogP contribution is -2.43. The molecule has 1 N–H and O–H groups in total. The number of carbonyl (C=O) groups is 1. The van der Waals surface area contributed by atoms with Gasteiger partial charge in [-0.2, -0.15) is 0 Å². The summed E-state index contributed by atoms with van der Waals surface area (Å²) >= 11 is 0. The highest BCUT2D eigenvalue weighted by atomic mass is 16.5. The van der Waals surface area contributed by atoms with Crippen LogP contribution in [0.15, 0.2) is 72.8 Å². The first-order chi connectivity index (χ1) is 13.2. The number of anilines is 2. The van der Waals surface area contributed by atoms with Crippen molar-refractivity contribution in [2.24, 2.45) is 0 Å². The molecule has 1 heterocycles. The van der Waals surface area contributed by atoms with Crippen LogP contribution in [-0.2, 0) is 0 Å². The van der Waals surface area contributed by atoms with Crippen LogP contribution in [0.1, 0.15) is 22.1 Å². The van der Waals surface area contributed by atoms with Crippen molar-refractivity contribution in [3.8, 4) is 11.5 Å². The molecule has 1 aliphatic heterocycles. The summed E-state index contributed by atoms with van der Waals surface area (Å²) in [7, 11) is 3.21. The number of fused-ring (bicyclic) bond motifs is 1. The highest BCUT2D eigenvalue weighted by molar-refractivity contribution is 6.12. The molecule has 5 nitrogen and oxygen atoms in total. The predicted molar refractivity (Wildman–Crippen MR) is 106 cm³/mol. The zero-order chi connectivity index (χ0) is 18.8. The molecular formula is C22H20N2O3. The third-order valence-electron chi connectivity index (χ3n) is 4.69. The van der Waals surface area contributed by atoms with E-state index in [0.29, 0.717) is 17.1 Å². The quantitative estimate of drug-likeness (QED) is 0.746. The van der Waals surface area contributed by atoms with Crippen molar-refractivity contribution < 1.29 is 14.3 Å². The van der Waals surface area contributed by atoms with Crippen molar-refractivity contribution in [2.75, 3.05) is 24.4 Å². The summed E-state index contributed by atoms with van der Waals surface area (Å²) in [5.74, 6) is 1.16. The number of hydrogen-bond acceptors (Lipinski definition) is 4. The fraction of sp³-hybridized carbons (Fsp3) is 0.136. The number of nitrogens with one attached hydrogen (secondary N) is 1. The SMILES string of the molecule is COc1cccc([C@@H]2Nc3ccccc3C(=O)N2c2ccccc2)c1OC. The third-order valence-corrected chi connectivity index (χ3v) is 4.69. The maximum atomic E-state index is 13.4. The molecule has 1 amide bonds. The number of para-hydroxylation sites is 3. The van der Waals surface area contributed by atoms with E-state index in [0.717, 1.165) is 16.9 Å². The van der Waals surface area contributed by atoms with Crippen LogP contribution in [0, 0.1) is 0 Å². The van der Waals surface area contributed by atoms with E-state index in [4.69, 9.17) is 9.47 Å². The van der Waals surface area contributed by atoms with Crippen LogP contribution >= 0.6 is 0 Å². The minimum absolute atomic E-state index is 0.0644. The molecular weight excluding hydrogens is 340 g/mol. The monoisotopic (exact) mass is 360 g/mol. The zero-order valence-electron chi connectivity index (χ0n) is 15.2. The molecule has 0 unspecified atom stereocenters. The first-order valence-electron chi connectivity index (χ1n) is 8.69. The number of nitrogens with zero attached hydrogens (tertiary/aromatic N) is 1. The smallest absolute Gasteiger partial charge is 0.262 e. The zero-order valence-corrected chi connectivity index (χ0v) is 15.2. The largest absolute Gasteiger partial charge is 0.493 e. The number of ether oxygens (including phenoxy) is 2. The van der Waals surface area contributed by atoms with Crippen molar-refractivity contribution >= 4 is 17.3 Å². The van der Waals surface area contributed by atoms with E-state index in [1.54, 1.807) is 19.1 Å². The Morgan fingerprint density at radius 2 is 1.59 bits per heavy atom. The van der Waals surface area contributed by atoms with Gasteiger partial charge >= 0.3 is 0 Å². The second kappa shape index (κ2) is 7.03. The predicted octanol–water partition coefficient (Wildman–Crippen LogP) is 4.47. The van der Waals surface area contributed by atoms with E-state index in [2.05, 4.69) is 5.32 Å². The van der Waals surface area contributed by atoms with Gasteiger partial charge in [-0.3, -0.25) is 9.69 Å². The number of amides is 1. The Bertz CT molecular complexity index is 972. The van der Waals surface area contributed by atoms with Gasteiger partial charge in [0.2, 0.25) is 0 Å². The van der Waals surface area contributed by atoms with E-state index < -0.39 is 6.17 Å². The molecule has 0 aromatic heterocycles. The first-order valence-corrected chi connectivity index (χ1v) is 8.69. The minimum Gasteiger partial charge on any atom is -0.493 e. The summed E-state index contributed by atoms with van der Waals surface area (Å²) in [6.07, 6.45) is -0.431.